The van der Waals surface area contributed by atoms with Crippen LogP contribution in [0.15, 0.2) is 30.3 Å². The first-order chi connectivity index (χ1) is 5.86. The fourth-order valence-electron chi connectivity index (χ4n) is 1.20. The van der Waals surface area contributed by atoms with Gasteiger partial charge in [0.2, 0.25) is 0 Å². The lowest BCUT2D eigenvalue weighted by atomic mass is 10.1. The highest BCUT2D eigenvalue weighted by atomic mass is 14.9. The van der Waals surface area contributed by atoms with E-state index in [9.17, 15) is 0 Å². The molecule has 0 spiro atoms. The van der Waals surface area contributed by atoms with Crippen molar-refractivity contribution in [2.75, 3.05) is 13.6 Å². The summed E-state index contributed by atoms with van der Waals surface area (Å²) in [6.45, 7) is 0.686. The number of hydrogen-bond donors (Lipinski definition) is 2. The Balaban J connectivity index is 2.51. The number of nitrogens with one attached hydrogen (secondary N) is 1. The van der Waals surface area contributed by atoms with Crippen molar-refractivity contribution in [1.82, 2.24) is 5.32 Å². The first kappa shape index (κ1) is 9.23. The molecule has 1 rings (SSSR count). The molecule has 1 aromatic rings. The first-order valence-corrected chi connectivity index (χ1v) is 4.28. The van der Waals surface area contributed by atoms with E-state index in [-0.39, 0.29) is 0 Å². The molecule has 0 fully saturated rings. The van der Waals surface area contributed by atoms with Crippen LogP contribution in [0.4, 0.5) is 0 Å². The average molecular weight is 164 g/mol. The number of rotatable bonds is 4. The van der Waals surface area contributed by atoms with Crippen LogP contribution in [-0.2, 0) is 6.42 Å². The van der Waals surface area contributed by atoms with Gasteiger partial charge in [-0.05, 0) is 19.0 Å². The van der Waals surface area contributed by atoms with Crippen LogP contribution in [0.5, 0.6) is 0 Å². The predicted molar refractivity (Wildman–Crippen MR) is 52.0 cm³/mol. The molecule has 0 aliphatic carbocycles. The predicted octanol–water partition coefficient (Wildman–Crippen LogP) is 0.776. The smallest absolute Gasteiger partial charge is 0.0227 e. The molecule has 1 unspecified atom stereocenters. The third-order valence-electron chi connectivity index (χ3n) is 2.02. The Morgan fingerprint density at radius 3 is 2.50 bits per heavy atom. The third kappa shape index (κ3) is 2.64. The molecule has 2 nitrogen and oxygen atoms in total. The van der Waals surface area contributed by atoms with E-state index in [2.05, 4.69) is 29.6 Å². The molecule has 0 saturated carbocycles. The monoisotopic (exact) mass is 164 g/mol. The van der Waals surface area contributed by atoms with E-state index >= 15 is 0 Å². The second-order valence-electron chi connectivity index (χ2n) is 2.91. The van der Waals surface area contributed by atoms with Crippen molar-refractivity contribution in [2.45, 2.75) is 12.5 Å². The zero-order valence-corrected chi connectivity index (χ0v) is 7.46. The minimum absolute atomic E-state index is 0.396. The van der Waals surface area contributed by atoms with Gasteiger partial charge < -0.3 is 11.1 Å². The van der Waals surface area contributed by atoms with E-state index in [4.69, 9.17) is 5.73 Å². The maximum Gasteiger partial charge on any atom is 0.0227 e. The standard InChI is InChI=1S/C10H16N2/c1-12-10(8-11)7-9-5-3-2-4-6-9/h2-6,10,12H,7-8,11H2,1H3. The van der Waals surface area contributed by atoms with Gasteiger partial charge in [0.1, 0.15) is 0 Å². The number of hydrogen-bond acceptors (Lipinski definition) is 2. The van der Waals surface area contributed by atoms with Gasteiger partial charge in [-0.3, -0.25) is 0 Å². The summed E-state index contributed by atoms with van der Waals surface area (Å²) in [6, 6.07) is 10.8. The van der Waals surface area contributed by atoms with Gasteiger partial charge in [-0.1, -0.05) is 30.3 Å². The molecule has 0 aromatic heterocycles. The van der Waals surface area contributed by atoms with Crippen molar-refractivity contribution in [2.24, 2.45) is 5.73 Å². The third-order valence-corrected chi connectivity index (χ3v) is 2.02. The fraction of sp³-hybridized carbons (Fsp3) is 0.400. The topological polar surface area (TPSA) is 38.0 Å². The molecular formula is C10H16N2. The minimum atomic E-state index is 0.396. The fourth-order valence-corrected chi connectivity index (χ4v) is 1.20. The highest BCUT2D eigenvalue weighted by molar-refractivity contribution is 5.15. The summed E-state index contributed by atoms with van der Waals surface area (Å²) >= 11 is 0. The summed E-state index contributed by atoms with van der Waals surface area (Å²) in [4.78, 5) is 0. The van der Waals surface area contributed by atoms with Crippen molar-refractivity contribution in [1.29, 1.82) is 0 Å². The highest BCUT2D eigenvalue weighted by Gasteiger charge is 2.02. The lowest BCUT2D eigenvalue weighted by molar-refractivity contribution is 0.569. The summed E-state index contributed by atoms with van der Waals surface area (Å²) in [5, 5.41) is 3.18. The van der Waals surface area contributed by atoms with Gasteiger partial charge in [0.15, 0.2) is 0 Å². The lowest BCUT2D eigenvalue weighted by Gasteiger charge is -2.12. The second kappa shape index (κ2) is 4.91. The summed E-state index contributed by atoms with van der Waals surface area (Å²) in [7, 11) is 1.94. The molecule has 0 radical (unpaired) electrons. The van der Waals surface area contributed by atoms with Gasteiger partial charge in [0, 0.05) is 12.6 Å². The highest BCUT2D eigenvalue weighted by Crippen LogP contribution is 2.01. The first-order valence-electron chi connectivity index (χ1n) is 4.28. The molecule has 1 atom stereocenters. The molecule has 0 heterocycles. The van der Waals surface area contributed by atoms with E-state index in [1.165, 1.54) is 5.56 Å². The van der Waals surface area contributed by atoms with Crippen LogP contribution < -0.4 is 11.1 Å². The average Bonchev–Trinajstić information content (AvgIpc) is 2.16. The Kier molecular flexibility index (Phi) is 3.77. The summed E-state index contributed by atoms with van der Waals surface area (Å²) in [5.74, 6) is 0. The molecule has 12 heavy (non-hydrogen) atoms. The molecule has 0 amide bonds. The Morgan fingerprint density at radius 2 is 2.00 bits per heavy atom. The summed E-state index contributed by atoms with van der Waals surface area (Å²) in [5.41, 5.74) is 6.90. The molecule has 1 aromatic carbocycles. The quantitative estimate of drug-likeness (QED) is 0.690. The van der Waals surface area contributed by atoms with Crippen molar-refractivity contribution < 1.29 is 0 Å². The van der Waals surface area contributed by atoms with Crippen LogP contribution in [0.3, 0.4) is 0 Å². The minimum Gasteiger partial charge on any atom is -0.329 e. The number of benzene rings is 1. The molecule has 0 saturated heterocycles. The van der Waals surface area contributed by atoms with E-state index < -0.39 is 0 Å². The van der Waals surface area contributed by atoms with Crippen LogP contribution in [-0.4, -0.2) is 19.6 Å². The number of likely N-dealkylation sites (N-methyl/N-ethyl adjacent to an activating group) is 1. The van der Waals surface area contributed by atoms with Crippen LogP contribution >= 0.6 is 0 Å². The number of nitrogens with two attached hydrogens (primary N) is 1. The molecule has 0 aliphatic heterocycles. The molecular weight excluding hydrogens is 148 g/mol. The van der Waals surface area contributed by atoms with E-state index in [1.807, 2.05) is 13.1 Å². The Bertz CT molecular complexity index is 204. The van der Waals surface area contributed by atoms with Crippen molar-refractivity contribution >= 4 is 0 Å². The molecule has 0 bridgehead atoms. The molecule has 3 N–H and O–H groups in total. The van der Waals surface area contributed by atoms with E-state index in [0.29, 0.717) is 12.6 Å². The van der Waals surface area contributed by atoms with Crippen LogP contribution in [0.2, 0.25) is 0 Å². The van der Waals surface area contributed by atoms with Crippen molar-refractivity contribution in [3.8, 4) is 0 Å². The van der Waals surface area contributed by atoms with Gasteiger partial charge in [-0.25, -0.2) is 0 Å². The van der Waals surface area contributed by atoms with Crippen LogP contribution in [0, 0.1) is 0 Å². The van der Waals surface area contributed by atoms with Crippen molar-refractivity contribution in [3.63, 3.8) is 0 Å². The zero-order chi connectivity index (χ0) is 8.81. The largest absolute Gasteiger partial charge is 0.329 e. The van der Waals surface area contributed by atoms with E-state index in [0.717, 1.165) is 6.42 Å². The lowest BCUT2D eigenvalue weighted by Crippen LogP contribution is -2.35. The van der Waals surface area contributed by atoms with Crippen LogP contribution in [0.1, 0.15) is 5.56 Å². The Labute approximate surface area is 73.8 Å². The van der Waals surface area contributed by atoms with Gasteiger partial charge in [-0.15, -0.1) is 0 Å². The second-order valence-corrected chi connectivity index (χ2v) is 2.91. The Morgan fingerprint density at radius 1 is 1.33 bits per heavy atom. The summed E-state index contributed by atoms with van der Waals surface area (Å²) < 4.78 is 0. The van der Waals surface area contributed by atoms with Gasteiger partial charge in [0.05, 0.1) is 0 Å². The zero-order valence-electron chi connectivity index (χ0n) is 7.46. The van der Waals surface area contributed by atoms with E-state index in [1.54, 1.807) is 0 Å². The van der Waals surface area contributed by atoms with Gasteiger partial charge in [-0.2, -0.15) is 0 Å². The maximum absolute atomic E-state index is 5.57. The normalized spacial score (nSPS) is 12.8. The van der Waals surface area contributed by atoms with Gasteiger partial charge in [0.25, 0.3) is 0 Å². The molecule has 0 aliphatic rings. The summed E-state index contributed by atoms with van der Waals surface area (Å²) in [6.07, 6.45) is 1.01. The molecule has 2 heteroatoms. The maximum atomic E-state index is 5.57. The van der Waals surface area contributed by atoms with Crippen molar-refractivity contribution in [3.05, 3.63) is 35.9 Å². The molecule has 66 valence electrons. The van der Waals surface area contributed by atoms with Crippen LogP contribution in [0.25, 0.3) is 0 Å². The van der Waals surface area contributed by atoms with Gasteiger partial charge >= 0.3 is 0 Å². The SMILES string of the molecule is CNC(CN)Cc1ccccc1. The Hall–Kier alpha value is -0.860.